The van der Waals surface area contributed by atoms with E-state index in [0.717, 1.165) is 29.5 Å². The number of piperidine rings is 1. The Morgan fingerprint density at radius 3 is 3.05 bits per heavy atom. The number of pyridine rings is 1. The first kappa shape index (κ1) is 14.6. The molecule has 3 rings (SSSR count). The quantitative estimate of drug-likeness (QED) is 0.942. The molecule has 0 amide bonds. The summed E-state index contributed by atoms with van der Waals surface area (Å²) in [6.45, 7) is 4.81. The van der Waals surface area contributed by atoms with Crippen LogP contribution in [-0.4, -0.2) is 30.2 Å². The highest BCUT2D eigenvalue weighted by molar-refractivity contribution is 7.15. The van der Waals surface area contributed by atoms with Crippen molar-refractivity contribution in [2.45, 2.75) is 32.3 Å². The van der Waals surface area contributed by atoms with Gasteiger partial charge in [0.1, 0.15) is 5.01 Å². The Hall–Kier alpha value is -1.30. The maximum Gasteiger partial charge on any atom is 0.142 e. The Bertz CT molecular complexity index is 605. The van der Waals surface area contributed by atoms with Crippen LogP contribution in [0.3, 0.4) is 0 Å². The third-order valence-corrected chi connectivity index (χ3v) is 5.03. The lowest BCUT2D eigenvalue weighted by atomic mass is 9.95. The van der Waals surface area contributed by atoms with Gasteiger partial charge in [-0.1, -0.05) is 6.07 Å². The molecular formula is C16H21N3OS. The lowest BCUT2D eigenvalue weighted by Crippen LogP contribution is -2.28. The molecule has 0 radical (unpaired) electrons. The summed E-state index contributed by atoms with van der Waals surface area (Å²) in [6.07, 6.45) is 2.44. The van der Waals surface area contributed by atoms with Crippen molar-refractivity contribution in [3.63, 3.8) is 0 Å². The van der Waals surface area contributed by atoms with Gasteiger partial charge in [-0.2, -0.15) is 0 Å². The first-order valence-electron chi connectivity index (χ1n) is 7.41. The van der Waals surface area contributed by atoms with Gasteiger partial charge < -0.3 is 10.1 Å². The minimum atomic E-state index is 0.526. The zero-order valence-electron chi connectivity index (χ0n) is 12.6. The van der Waals surface area contributed by atoms with E-state index in [2.05, 4.69) is 28.5 Å². The molecule has 1 aliphatic rings. The van der Waals surface area contributed by atoms with Gasteiger partial charge in [0.2, 0.25) is 0 Å². The molecule has 1 saturated heterocycles. The number of thiazole rings is 1. The number of nitrogens with zero attached hydrogens (tertiary/aromatic N) is 2. The number of hydrogen-bond acceptors (Lipinski definition) is 5. The van der Waals surface area contributed by atoms with E-state index in [0.29, 0.717) is 12.5 Å². The zero-order chi connectivity index (χ0) is 14.7. The Balaban J connectivity index is 1.86. The van der Waals surface area contributed by atoms with Gasteiger partial charge in [-0.3, -0.25) is 0 Å². The maximum absolute atomic E-state index is 5.22. The van der Waals surface area contributed by atoms with Crippen LogP contribution in [0.25, 0.3) is 10.7 Å². The van der Waals surface area contributed by atoms with E-state index in [1.807, 2.05) is 6.92 Å². The molecule has 0 aromatic carbocycles. The second kappa shape index (κ2) is 6.64. The molecule has 0 saturated carbocycles. The Morgan fingerprint density at radius 1 is 1.38 bits per heavy atom. The summed E-state index contributed by atoms with van der Waals surface area (Å²) < 4.78 is 5.22. The second-order valence-corrected chi connectivity index (χ2v) is 6.54. The molecule has 2 aromatic rings. The van der Waals surface area contributed by atoms with Gasteiger partial charge in [0.15, 0.2) is 0 Å². The second-order valence-electron chi connectivity index (χ2n) is 5.45. The smallest absolute Gasteiger partial charge is 0.142 e. The number of ether oxygens (including phenoxy) is 1. The van der Waals surface area contributed by atoms with Gasteiger partial charge in [-0.05, 0) is 38.4 Å². The molecule has 0 aliphatic carbocycles. The van der Waals surface area contributed by atoms with E-state index in [1.54, 1.807) is 18.4 Å². The molecule has 1 aliphatic heterocycles. The van der Waals surface area contributed by atoms with E-state index in [9.17, 15) is 0 Å². The number of rotatable bonds is 4. The highest BCUT2D eigenvalue weighted by atomic mass is 32.1. The molecule has 4 nitrogen and oxygen atoms in total. The zero-order valence-corrected chi connectivity index (χ0v) is 13.4. The summed E-state index contributed by atoms with van der Waals surface area (Å²) in [5.74, 6) is 0.526. The summed E-state index contributed by atoms with van der Waals surface area (Å²) in [7, 11) is 1.72. The predicted octanol–water partition coefficient (Wildman–Crippen LogP) is 3.13. The Kier molecular flexibility index (Phi) is 4.63. The van der Waals surface area contributed by atoms with E-state index in [4.69, 9.17) is 9.72 Å². The molecule has 1 fully saturated rings. The molecule has 112 valence electrons. The van der Waals surface area contributed by atoms with Crippen molar-refractivity contribution in [3.8, 4) is 10.7 Å². The van der Waals surface area contributed by atoms with Crippen LogP contribution in [0, 0.1) is 6.92 Å². The van der Waals surface area contributed by atoms with Crippen molar-refractivity contribution in [3.05, 3.63) is 34.5 Å². The van der Waals surface area contributed by atoms with Gasteiger partial charge in [0.25, 0.3) is 0 Å². The van der Waals surface area contributed by atoms with Crippen LogP contribution in [0.2, 0.25) is 0 Å². The fourth-order valence-electron chi connectivity index (χ4n) is 2.70. The largest absolute Gasteiger partial charge is 0.379 e. The van der Waals surface area contributed by atoms with E-state index < -0.39 is 0 Å². The van der Waals surface area contributed by atoms with Crippen LogP contribution in [0.1, 0.15) is 35.0 Å². The average Bonchev–Trinajstić information content (AvgIpc) is 2.90. The molecular weight excluding hydrogens is 282 g/mol. The predicted molar refractivity (Wildman–Crippen MR) is 85.6 cm³/mol. The summed E-state index contributed by atoms with van der Waals surface area (Å²) in [5.41, 5.74) is 3.21. The fourth-order valence-corrected chi connectivity index (χ4v) is 3.71. The molecule has 0 bridgehead atoms. The molecule has 1 N–H and O–H groups in total. The van der Waals surface area contributed by atoms with Gasteiger partial charge in [-0.15, -0.1) is 11.3 Å². The minimum Gasteiger partial charge on any atom is -0.379 e. The molecule has 3 heterocycles. The lowest BCUT2D eigenvalue weighted by molar-refractivity contribution is 0.187. The van der Waals surface area contributed by atoms with E-state index in [1.165, 1.54) is 23.4 Å². The van der Waals surface area contributed by atoms with Gasteiger partial charge >= 0.3 is 0 Å². The highest BCUT2D eigenvalue weighted by Gasteiger charge is 2.18. The number of methoxy groups -OCH3 is 1. The van der Waals surface area contributed by atoms with Gasteiger partial charge in [0.05, 0.1) is 22.9 Å². The van der Waals surface area contributed by atoms with Crippen LogP contribution < -0.4 is 5.32 Å². The average molecular weight is 303 g/mol. The maximum atomic E-state index is 5.22. The van der Waals surface area contributed by atoms with Crippen molar-refractivity contribution in [1.29, 1.82) is 0 Å². The number of hydrogen-bond donors (Lipinski definition) is 1. The Morgan fingerprint density at radius 2 is 2.29 bits per heavy atom. The molecule has 0 spiro atoms. The van der Waals surface area contributed by atoms with E-state index >= 15 is 0 Å². The first-order chi connectivity index (χ1) is 10.3. The van der Waals surface area contributed by atoms with Crippen LogP contribution >= 0.6 is 11.3 Å². The van der Waals surface area contributed by atoms with Crippen LogP contribution in [0.4, 0.5) is 0 Å². The summed E-state index contributed by atoms with van der Waals surface area (Å²) in [4.78, 5) is 10.7. The summed E-state index contributed by atoms with van der Waals surface area (Å²) in [6, 6.07) is 6.28. The number of aromatic nitrogens is 2. The van der Waals surface area contributed by atoms with Crippen molar-refractivity contribution in [2.24, 2.45) is 0 Å². The third-order valence-electron chi connectivity index (χ3n) is 3.87. The molecule has 5 heteroatoms. The fraction of sp³-hybridized carbons (Fsp3) is 0.500. The molecule has 21 heavy (non-hydrogen) atoms. The van der Waals surface area contributed by atoms with Gasteiger partial charge in [-0.25, -0.2) is 9.97 Å². The molecule has 1 atom stereocenters. The lowest BCUT2D eigenvalue weighted by Gasteiger charge is -2.22. The van der Waals surface area contributed by atoms with Crippen molar-refractivity contribution < 1.29 is 4.74 Å². The standard InChI is InChI=1S/C16H21N3OS/c1-11-15(10-20-2)21-16(18-11)14-7-3-6-13(19-14)12-5-4-8-17-9-12/h3,6-7,12,17H,4-5,8-10H2,1-2H3/t12-/m0/s1. The van der Waals surface area contributed by atoms with Crippen molar-refractivity contribution in [1.82, 2.24) is 15.3 Å². The minimum absolute atomic E-state index is 0.526. The topological polar surface area (TPSA) is 47.0 Å². The number of aryl methyl sites for hydroxylation is 1. The van der Waals surface area contributed by atoms with E-state index in [-0.39, 0.29) is 0 Å². The molecule has 2 aromatic heterocycles. The van der Waals surface area contributed by atoms with Gasteiger partial charge in [0, 0.05) is 25.3 Å². The van der Waals surface area contributed by atoms with Crippen LogP contribution in [-0.2, 0) is 11.3 Å². The third kappa shape index (κ3) is 3.31. The first-order valence-corrected chi connectivity index (χ1v) is 8.23. The SMILES string of the molecule is COCc1sc(-c2cccc([C@H]3CCCNC3)n2)nc1C. The van der Waals surface area contributed by atoms with Crippen molar-refractivity contribution in [2.75, 3.05) is 20.2 Å². The van der Waals surface area contributed by atoms with Crippen molar-refractivity contribution >= 4 is 11.3 Å². The normalized spacial score (nSPS) is 18.9. The monoisotopic (exact) mass is 303 g/mol. The summed E-state index contributed by atoms with van der Waals surface area (Å²) in [5, 5.41) is 4.44. The highest BCUT2D eigenvalue weighted by Crippen LogP contribution is 2.29. The number of nitrogens with one attached hydrogen (secondary N) is 1. The molecule has 0 unspecified atom stereocenters. The van der Waals surface area contributed by atoms with Crippen LogP contribution in [0.5, 0.6) is 0 Å². The van der Waals surface area contributed by atoms with Crippen LogP contribution in [0.15, 0.2) is 18.2 Å². The Labute approximate surface area is 129 Å². The summed E-state index contributed by atoms with van der Waals surface area (Å²) >= 11 is 1.68.